The Morgan fingerprint density at radius 1 is 1.08 bits per heavy atom. The molecule has 0 fully saturated rings. The molecule has 0 spiro atoms. The summed E-state index contributed by atoms with van der Waals surface area (Å²) in [6, 6.07) is 17.2. The molecule has 0 aliphatic carbocycles. The van der Waals surface area contributed by atoms with Crippen molar-refractivity contribution in [2.24, 2.45) is 4.99 Å². The fourth-order valence-electron chi connectivity index (χ4n) is 3.84. The number of anilines is 1. The summed E-state index contributed by atoms with van der Waals surface area (Å²) in [7, 11) is 1.28. The second kappa shape index (κ2) is 11.3. The fourth-order valence-corrected chi connectivity index (χ4v) is 3.84. The van der Waals surface area contributed by atoms with E-state index in [0.29, 0.717) is 35.8 Å². The Balaban J connectivity index is 0.000000195. The van der Waals surface area contributed by atoms with Gasteiger partial charge in [0, 0.05) is 17.5 Å². The van der Waals surface area contributed by atoms with Crippen molar-refractivity contribution in [3.63, 3.8) is 0 Å². The number of cyclic esters (lactones) is 1. The average Bonchev–Trinajstić information content (AvgIpc) is 3.55. The third-order valence-corrected chi connectivity index (χ3v) is 5.70. The second-order valence-electron chi connectivity index (χ2n) is 8.01. The van der Waals surface area contributed by atoms with E-state index in [1.54, 1.807) is 43.3 Å². The lowest BCUT2D eigenvalue weighted by Gasteiger charge is -2.13. The average molecular weight is 501 g/mol. The van der Waals surface area contributed by atoms with E-state index in [9.17, 15) is 19.2 Å². The van der Waals surface area contributed by atoms with Crippen LogP contribution in [0.5, 0.6) is 0 Å². The molecule has 10 heteroatoms. The molecular formula is C27H24N4O6. The maximum atomic E-state index is 12.6. The van der Waals surface area contributed by atoms with Crippen LogP contribution in [0.25, 0.3) is 0 Å². The molecule has 3 aromatic rings. The van der Waals surface area contributed by atoms with Crippen LogP contribution < -0.4 is 10.9 Å². The van der Waals surface area contributed by atoms with E-state index in [0.717, 1.165) is 5.56 Å². The number of nitrogens with one attached hydrogen (secondary N) is 1. The van der Waals surface area contributed by atoms with Crippen LogP contribution in [0.4, 0.5) is 5.69 Å². The first kappa shape index (κ1) is 25.2. The maximum Gasteiger partial charge on any atom is 0.363 e. The molecule has 1 N–H and O–H groups in total. The molecule has 0 saturated heterocycles. The number of carbonyl (C=O) groups is 3. The molecule has 0 radical (unpaired) electrons. The Bertz CT molecular complexity index is 1440. The Morgan fingerprint density at radius 2 is 1.76 bits per heavy atom. The number of aliphatic imine (C=N–C) groups is 1. The summed E-state index contributed by atoms with van der Waals surface area (Å²) in [5.74, 6) is -0.380. The zero-order chi connectivity index (χ0) is 26.4. The Hall–Kier alpha value is -4.86. The van der Waals surface area contributed by atoms with Crippen molar-refractivity contribution in [2.75, 3.05) is 12.4 Å². The number of rotatable bonds is 4. The van der Waals surface area contributed by atoms with E-state index in [4.69, 9.17) is 9.47 Å². The topological polar surface area (TPSA) is 129 Å². The molecule has 5 rings (SSSR count). The number of esters is 2. The number of allylic oxidation sites excluding steroid dienone is 1. The van der Waals surface area contributed by atoms with E-state index < -0.39 is 23.5 Å². The van der Waals surface area contributed by atoms with Crippen LogP contribution in [-0.2, 0) is 25.5 Å². The molecule has 37 heavy (non-hydrogen) atoms. The lowest BCUT2D eigenvalue weighted by Crippen LogP contribution is -2.31. The molecule has 1 aromatic heterocycles. The van der Waals surface area contributed by atoms with Crippen molar-refractivity contribution in [1.82, 2.24) is 9.55 Å². The van der Waals surface area contributed by atoms with E-state index in [1.807, 2.05) is 30.3 Å². The molecule has 2 aliphatic rings. The number of aryl methyl sites for hydroxylation is 1. The first-order valence-electron chi connectivity index (χ1n) is 11.5. The molecule has 1 amide bonds. The number of benzene rings is 2. The lowest BCUT2D eigenvalue weighted by atomic mass is 10.2. The van der Waals surface area contributed by atoms with E-state index in [-0.39, 0.29) is 11.7 Å². The van der Waals surface area contributed by atoms with Crippen molar-refractivity contribution in [2.45, 2.75) is 25.8 Å². The highest BCUT2D eigenvalue weighted by molar-refractivity contribution is 6.11. The SMILES string of the molecule is C/C=C1\N=C(c2ccccc2)OC1=O.COC(=O)C1CCc2ncc(NC(=O)c3ccccc3)c(=O)n21. The number of hydrogen-bond acceptors (Lipinski definition) is 8. The minimum absolute atomic E-state index is 0.0402. The summed E-state index contributed by atoms with van der Waals surface area (Å²) in [5, 5.41) is 2.55. The van der Waals surface area contributed by atoms with Crippen LogP contribution in [-0.4, -0.2) is 40.4 Å². The minimum Gasteiger partial charge on any atom is -0.467 e. The number of carbonyl (C=O) groups excluding carboxylic acids is 3. The van der Waals surface area contributed by atoms with Crippen LogP contribution in [0.3, 0.4) is 0 Å². The molecule has 1 unspecified atom stereocenters. The van der Waals surface area contributed by atoms with Crippen LogP contribution in [0.1, 0.15) is 41.1 Å². The number of hydrogen-bond donors (Lipinski definition) is 1. The van der Waals surface area contributed by atoms with E-state index >= 15 is 0 Å². The number of fused-ring (bicyclic) bond motifs is 1. The molecule has 0 bridgehead atoms. The fraction of sp³-hybridized carbons (Fsp3) is 0.185. The van der Waals surface area contributed by atoms with Crippen molar-refractivity contribution < 1.29 is 23.9 Å². The van der Waals surface area contributed by atoms with Gasteiger partial charge in [0.1, 0.15) is 23.3 Å². The highest BCUT2D eigenvalue weighted by Gasteiger charge is 2.32. The quantitative estimate of drug-likeness (QED) is 0.431. The lowest BCUT2D eigenvalue weighted by molar-refractivity contribution is -0.144. The summed E-state index contributed by atoms with van der Waals surface area (Å²) in [4.78, 5) is 55.9. The van der Waals surface area contributed by atoms with E-state index in [2.05, 4.69) is 15.3 Å². The third-order valence-electron chi connectivity index (χ3n) is 5.70. The molecule has 188 valence electrons. The van der Waals surface area contributed by atoms with Gasteiger partial charge in [-0.05, 0) is 37.6 Å². The second-order valence-corrected chi connectivity index (χ2v) is 8.01. The molecule has 3 heterocycles. The zero-order valence-corrected chi connectivity index (χ0v) is 20.2. The maximum absolute atomic E-state index is 12.6. The number of amides is 1. The number of methoxy groups -OCH3 is 1. The van der Waals surface area contributed by atoms with Crippen LogP contribution >= 0.6 is 0 Å². The van der Waals surface area contributed by atoms with Gasteiger partial charge in [0.15, 0.2) is 0 Å². The van der Waals surface area contributed by atoms with Gasteiger partial charge in [-0.3, -0.25) is 14.2 Å². The number of nitrogens with zero attached hydrogens (tertiary/aromatic N) is 3. The molecule has 1 atom stereocenters. The van der Waals surface area contributed by atoms with Crippen LogP contribution in [0, 0.1) is 0 Å². The first-order valence-corrected chi connectivity index (χ1v) is 11.5. The van der Waals surface area contributed by atoms with Gasteiger partial charge >= 0.3 is 11.9 Å². The highest BCUT2D eigenvalue weighted by atomic mass is 16.6. The Labute approximate surface area is 212 Å². The van der Waals surface area contributed by atoms with Gasteiger partial charge in [0.05, 0.1) is 13.3 Å². The summed E-state index contributed by atoms with van der Waals surface area (Å²) in [5.41, 5.74) is 1.20. The van der Waals surface area contributed by atoms with Gasteiger partial charge < -0.3 is 14.8 Å². The molecular weight excluding hydrogens is 476 g/mol. The largest absolute Gasteiger partial charge is 0.467 e. The number of aromatic nitrogens is 2. The zero-order valence-electron chi connectivity index (χ0n) is 20.2. The van der Waals surface area contributed by atoms with E-state index in [1.165, 1.54) is 17.9 Å². The van der Waals surface area contributed by atoms with Gasteiger partial charge in [-0.2, -0.15) is 0 Å². The van der Waals surface area contributed by atoms with Crippen molar-refractivity contribution in [3.05, 3.63) is 106 Å². The van der Waals surface area contributed by atoms with Crippen molar-refractivity contribution >= 4 is 29.4 Å². The predicted molar refractivity (Wildman–Crippen MR) is 135 cm³/mol. The summed E-state index contributed by atoms with van der Waals surface area (Å²) >= 11 is 0. The first-order chi connectivity index (χ1) is 17.9. The third kappa shape index (κ3) is 5.53. The molecule has 2 aromatic carbocycles. The Kier molecular flexibility index (Phi) is 7.68. The monoisotopic (exact) mass is 500 g/mol. The van der Waals surface area contributed by atoms with Gasteiger partial charge in [-0.25, -0.2) is 19.6 Å². The van der Waals surface area contributed by atoms with Crippen LogP contribution in [0.15, 0.2) is 88.4 Å². The van der Waals surface area contributed by atoms with Crippen molar-refractivity contribution in [1.29, 1.82) is 0 Å². The highest BCUT2D eigenvalue weighted by Crippen LogP contribution is 2.24. The summed E-state index contributed by atoms with van der Waals surface area (Å²) in [6.07, 6.45) is 3.94. The Morgan fingerprint density at radius 3 is 2.38 bits per heavy atom. The molecule has 0 saturated carbocycles. The number of ether oxygens (including phenoxy) is 2. The summed E-state index contributed by atoms with van der Waals surface area (Å²) < 4.78 is 11.0. The van der Waals surface area contributed by atoms with Gasteiger partial charge in [0.25, 0.3) is 11.5 Å². The molecule has 10 nitrogen and oxygen atoms in total. The van der Waals surface area contributed by atoms with Crippen molar-refractivity contribution in [3.8, 4) is 0 Å². The molecule has 2 aliphatic heterocycles. The smallest absolute Gasteiger partial charge is 0.363 e. The standard InChI is InChI=1S/C16H15N3O4.C11H9NO2/c1-23-16(22)12-7-8-13-17-9-11(15(21)19(12)13)18-14(20)10-5-3-2-4-6-10;1-2-9-11(13)14-10(12-9)8-6-4-3-5-7-8/h2-6,9,12H,7-8H2,1H3,(H,18,20);2-7H,1H3/b;9-2-. The summed E-state index contributed by atoms with van der Waals surface area (Å²) in [6.45, 7) is 1.76. The predicted octanol–water partition coefficient (Wildman–Crippen LogP) is 3.05. The van der Waals surface area contributed by atoms with Gasteiger partial charge in [0.2, 0.25) is 5.90 Å². The van der Waals surface area contributed by atoms with Gasteiger partial charge in [-0.1, -0.05) is 42.5 Å². The normalized spacial score (nSPS) is 16.7. The van der Waals surface area contributed by atoms with Crippen LogP contribution in [0.2, 0.25) is 0 Å². The van der Waals surface area contributed by atoms with Gasteiger partial charge in [-0.15, -0.1) is 0 Å². The minimum atomic E-state index is -0.691.